The number of halogens is 1. The summed E-state index contributed by atoms with van der Waals surface area (Å²) >= 11 is 1.39. The Morgan fingerprint density at radius 3 is 2.86 bits per heavy atom. The minimum absolute atomic E-state index is 0.149. The molecule has 1 aliphatic heterocycles. The molecule has 0 atom stereocenters. The van der Waals surface area contributed by atoms with E-state index in [1.807, 2.05) is 30.3 Å². The molecule has 2 aromatic heterocycles. The number of thiophene rings is 1. The second kappa shape index (κ2) is 7.40. The van der Waals surface area contributed by atoms with Crippen molar-refractivity contribution < 1.29 is 9.18 Å². The largest absolute Gasteiger partial charge is 0.319 e. The zero-order valence-corrected chi connectivity index (χ0v) is 16.5. The van der Waals surface area contributed by atoms with Gasteiger partial charge in [0.2, 0.25) is 0 Å². The molecular weight excluding hydrogens is 387 g/mol. The van der Waals surface area contributed by atoms with Gasteiger partial charge in [-0.05, 0) is 48.6 Å². The number of rotatable bonds is 3. The molecule has 0 spiro atoms. The lowest BCUT2D eigenvalue weighted by atomic mass is 10.1. The van der Waals surface area contributed by atoms with Crippen LogP contribution in [0.5, 0.6) is 0 Å². The number of nitrogens with zero attached hydrogens (tertiary/aromatic N) is 3. The van der Waals surface area contributed by atoms with E-state index >= 15 is 0 Å². The summed E-state index contributed by atoms with van der Waals surface area (Å²) in [5.41, 5.74) is 0.898. The third-order valence-electron chi connectivity index (χ3n) is 5.23. The highest BCUT2D eigenvalue weighted by molar-refractivity contribution is 7.20. The molecule has 146 valence electrons. The maximum absolute atomic E-state index is 14.4. The molecule has 0 saturated carbocycles. The lowest BCUT2D eigenvalue weighted by molar-refractivity contribution is 0.103. The van der Waals surface area contributed by atoms with Gasteiger partial charge in [0.1, 0.15) is 11.6 Å². The molecule has 7 heteroatoms. The van der Waals surface area contributed by atoms with Crippen molar-refractivity contribution in [2.75, 3.05) is 5.32 Å². The van der Waals surface area contributed by atoms with E-state index in [9.17, 15) is 9.18 Å². The summed E-state index contributed by atoms with van der Waals surface area (Å²) in [5.74, 6) is 0.901. The fourth-order valence-corrected chi connectivity index (χ4v) is 4.69. The molecule has 5 nitrogen and oxygen atoms in total. The highest BCUT2D eigenvalue weighted by Gasteiger charge is 2.18. The fraction of sp³-hybridized carbons (Fsp3) is 0.227. The first-order valence-corrected chi connectivity index (χ1v) is 10.5. The monoisotopic (exact) mass is 406 g/mol. The molecule has 0 unspecified atom stereocenters. The summed E-state index contributed by atoms with van der Waals surface area (Å²) in [5, 5.41) is 12.4. The summed E-state index contributed by atoms with van der Waals surface area (Å²) < 4.78 is 17.6. The molecule has 5 rings (SSSR count). The first-order valence-electron chi connectivity index (χ1n) is 9.71. The van der Waals surface area contributed by atoms with Gasteiger partial charge in [0.15, 0.2) is 5.82 Å². The quantitative estimate of drug-likeness (QED) is 0.504. The maximum Gasteiger partial charge on any atom is 0.265 e. The highest BCUT2D eigenvalue weighted by atomic mass is 32.1. The molecule has 3 heterocycles. The SMILES string of the molecule is O=C(Nc1cc(-c2nnc3n2CCCCC3)ccc1F)c1cc2ccccc2s1. The average Bonchev–Trinajstić information content (AvgIpc) is 3.27. The zero-order valence-electron chi connectivity index (χ0n) is 15.7. The summed E-state index contributed by atoms with van der Waals surface area (Å²) in [7, 11) is 0. The molecule has 1 N–H and O–H groups in total. The Morgan fingerprint density at radius 1 is 1.07 bits per heavy atom. The van der Waals surface area contributed by atoms with Crippen LogP contribution in [0, 0.1) is 5.82 Å². The number of nitrogens with one attached hydrogen (secondary N) is 1. The minimum atomic E-state index is -0.473. The zero-order chi connectivity index (χ0) is 19.8. The Bertz CT molecular complexity index is 1180. The maximum atomic E-state index is 14.4. The van der Waals surface area contributed by atoms with E-state index in [1.165, 1.54) is 23.8 Å². The van der Waals surface area contributed by atoms with Gasteiger partial charge in [-0.3, -0.25) is 4.79 Å². The van der Waals surface area contributed by atoms with E-state index in [2.05, 4.69) is 20.1 Å². The Hall–Kier alpha value is -3.06. The van der Waals surface area contributed by atoms with E-state index in [0.29, 0.717) is 4.88 Å². The molecule has 0 aliphatic carbocycles. The molecular formula is C22H19FN4OS. The van der Waals surface area contributed by atoms with E-state index < -0.39 is 5.82 Å². The van der Waals surface area contributed by atoms with Crippen molar-refractivity contribution in [1.29, 1.82) is 0 Å². The third kappa shape index (κ3) is 3.42. The fourth-order valence-electron chi connectivity index (χ4n) is 3.74. The molecule has 0 fully saturated rings. The topological polar surface area (TPSA) is 59.8 Å². The molecule has 2 aromatic carbocycles. The minimum Gasteiger partial charge on any atom is -0.319 e. The number of benzene rings is 2. The summed E-state index contributed by atoms with van der Waals surface area (Å²) in [6.07, 6.45) is 4.26. The molecule has 0 bridgehead atoms. The van der Waals surface area contributed by atoms with Gasteiger partial charge < -0.3 is 9.88 Å². The lowest BCUT2D eigenvalue weighted by Crippen LogP contribution is -2.11. The van der Waals surface area contributed by atoms with Gasteiger partial charge in [-0.15, -0.1) is 21.5 Å². The molecule has 1 amide bonds. The Labute approximate surface area is 171 Å². The van der Waals surface area contributed by atoms with Gasteiger partial charge in [-0.1, -0.05) is 24.6 Å². The van der Waals surface area contributed by atoms with Crippen LogP contribution in [0.1, 0.15) is 34.8 Å². The number of aryl methyl sites for hydroxylation is 1. The second-order valence-corrected chi connectivity index (χ2v) is 8.28. The van der Waals surface area contributed by atoms with Crippen molar-refractivity contribution in [3.05, 3.63) is 65.0 Å². The summed E-state index contributed by atoms with van der Waals surface area (Å²) in [4.78, 5) is 13.3. The summed E-state index contributed by atoms with van der Waals surface area (Å²) in [6, 6.07) is 14.3. The van der Waals surface area contributed by atoms with Crippen molar-refractivity contribution in [2.24, 2.45) is 0 Å². The van der Waals surface area contributed by atoms with Gasteiger partial charge in [0, 0.05) is 23.2 Å². The van der Waals surface area contributed by atoms with Crippen LogP contribution in [0.4, 0.5) is 10.1 Å². The molecule has 29 heavy (non-hydrogen) atoms. The number of hydrogen-bond donors (Lipinski definition) is 1. The smallest absolute Gasteiger partial charge is 0.265 e. The Morgan fingerprint density at radius 2 is 1.97 bits per heavy atom. The van der Waals surface area contributed by atoms with Gasteiger partial charge in [-0.2, -0.15) is 0 Å². The second-order valence-electron chi connectivity index (χ2n) is 7.20. The number of anilines is 1. The number of carbonyl (C=O) groups is 1. The molecule has 0 saturated heterocycles. The summed E-state index contributed by atoms with van der Waals surface area (Å²) in [6.45, 7) is 0.860. The number of fused-ring (bicyclic) bond motifs is 2. The van der Waals surface area contributed by atoms with Crippen molar-refractivity contribution in [1.82, 2.24) is 14.8 Å². The molecule has 0 radical (unpaired) electrons. The van der Waals surface area contributed by atoms with Crippen LogP contribution in [0.15, 0.2) is 48.5 Å². The van der Waals surface area contributed by atoms with Crippen LogP contribution in [0.2, 0.25) is 0 Å². The van der Waals surface area contributed by atoms with Gasteiger partial charge in [0.05, 0.1) is 10.6 Å². The lowest BCUT2D eigenvalue weighted by Gasteiger charge is -2.10. The number of aromatic nitrogens is 3. The van der Waals surface area contributed by atoms with Crippen molar-refractivity contribution in [2.45, 2.75) is 32.2 Å². The van der Waals surface area contributed by atoms with Gasteiger partial charge in [0.25, 0.3) is 5.91 Å². The van der Waals surface area contributed by atoms with Crippen molar-refractivity contribution in [3.63, 3.8) is 0 Å². The first-order chi connectivity index (χ1) is 14.2. The highest BCUT2D eigenvalue weighted by Crippen LogP contribution is 2.29. The first kappa shape index (κ1) is 18.0. The van der Waals surface area contributed by atoms with Crippen LogP contribution in [-0.2, 0) is 13.0 Å². The Balaban J connectivity index is 1.45. The van der Waals surface area contributed by atoms with Crippen LogP contribution < -0.4 is 5.32 Å². The average molecular weight is 406 g/mol. The van der Waals surface area contributed by atoms with Crippen LogP contribution >= 0.6 is 11.3 Å². The van der Waals surface area contributed by atoms with Gasteiger partial charge in [-0.25, -0.2) is 4.39 Å². The number of carbonyl (C=O) groups excluding carboxylic acids is 1. The van der Waals surface area contributed by atoms with Crippen LogP contribution in [0.25, 0.3) is 21.5 Å². The van der Waals surface area contributed by atoms with E-state index in [-0.39, 0.29) is 11.6 Å². The normalized spacial score (nSPS) is 13.8. The number of amides is 1. The van der Waals surface area contributed by atoms with Crippen LogP contribution in [0.3, 0.4) is 0 Å². The van der Waals surface area contributed by atoms with E-state index in [0.717, 1.165) is 53.1 Å². The van der Waals surface area contributed by atoms with Crippen molar-refractivity contribution >= 4 is 33.0 Å². The molecule has 1 aliphatic rings. The standard InChI is InChI=1S/C22H19FN4OS/c23-16-10-9-15(21-26-25-20-8-2-1-5-11-27(20)21)12-17(16)24-22(28)19-13-14-6-3-4-7-18(14)29-19/h3-4,6-7,9-10,12-13H,1-2,5,8,11H2,(H,24,28). The predicted octanol–water partition coefficient (Wildman–Crippen LogP) is 5.28. The van der Waals surface area contributed by atoms with Crippen LogP contribution in [-0.4, -0.2) is 20.7 Å². The molecule has 4 aromatic rings. The third-order valence-corrected chi connectivity index (χ3v) is 6.35. The van der Waals surface area contributed by atoms with E-state index in [4.69, 9.17) is 0 Å². The van der Waals surface area contributed by atoms with Gasteiger partial charge >= 0.3 is 0 Å². The van der Waals surface area contributed by atoms with Crippen molar-refractivity contribution in [3.8, 4) is 11.4 Å². The van der Waals surface area contributed by atoms with E-state index in [1.54, 1.807) is 12.1 Å². The predicted molar refractivity (Wildman–Crippen MR) is 113 cm³/mol. The number of hydrogen-bond acceptors (Lipinski definition) is 4. The Kier molecular flexibility index (Phi) is 4.60.